The standard InChI is InChI=1S/C18H26O2S/c1-14(2)15-12-18(13-15)10-8-17(9-11-18)21(19,20)16-6-4-3-5-7-16/h3-7,14-15,17H,8-13H2,1-2H3. The molecule has 116 valence electrons. The van der Waals surface area contributed by atoms with Gasteiger partial charge in [0.25, 0.3) is 0 Å². The zero-order valence-corrected chi connectivity index (χ0v) is 13.9. The molecule has 0 aliphatic heterocycles. The molecule has 0 radical (unpaired) electrons. The topological polar surface area (TPSA) is 34.1 Å². The first-order valence-electron chi connectivity index (χ1n) is 8.22. The van der Waals surface area contributed by atoms with E-state index in [2.05, 4.69) is 13.8 Å². The summed E-state index contributed by atoms with van der Waals surface area (Å²) in [6.45, 7) is 4.62. The Labute approximate surface area is 128 Å². The van der Waals surface area contributed by atoms with Crippen molar-refractivity contribution in [2.24, 2.45) is 17.3 Å². The fourth-order valence-electron chi connectivity index (χ4n) is 4.25. The van der Waals surface area contributed by atoms with Crippen LogP contribution in [0.1, 0.15) is 52.4 Å². The zero-order valence-electron chi connectivity index (χ0n) is 13.1. The summed E-state index contributed by atoms with van der Waals surface area (Å²) in [5.41, 5.74) is 0.484. The maximum absolute atomic E-state index is 12.7. The van der Waals surface area contributed by atoms with Gasteiger partial charge in [0.2, 0.25) is 0 Å². The Kier molecular flexibility index (Phi) is 3.89. The minimum atomic E-state index is -3.13. The number of hydrogen-bond acceptors (Lipinski definition) is 2. The molecule has 3 rings (SSSR count). The molecule has 1 spiro atoms. The van der Waals surface area contributed by atoms with Crippen molar-refractivity contribution in [3.63, 3.8) is 0 Å². The summed E-state index contributed by atoms with van der Waals surface area (Å²) in [6, 6.07) is 8.97. The highest BCUT2D eigenvalue weighted by atomic mass is 32.2. The summed E-state index contributed by atoms with van der Waals surface area (Å²) >= 11 is 0. The molecule has 2 aliphatic carbocycles. The predicted molar refractivity (Wildman–Crippen MR) is 85.9 cm³/mol. The van der Waals surface area contributed by atoms with Crippen molar-refractivity contribution in [1.82, 2.24) is 0 Å². The van der Waals surface area contributed by atoms with Gasteiger partial charge in [0.1, 0.15) is 0 Å². The Hall–Kier alpha value is -0.830. The number of hydrogen-bond donors (Lipinski definition) is 0. The molecule has 0 amide bonds. The Morgan fingerprint density at radius 1 is 1.05 bits per heavy atom. The van der Waals surface area contributed by atoms with Gasteiger partial charge in [-0.2, -0.15) is 0 Å². The fraction of sp³-hybridized carbons (Fsp3) is 0.667. The molecule has 2 nitrogen and oxygen atoms in total. The first kappa shape index (κ1) is 15.1. The van der Waals surface area contributed by atoms with Gasteiger partial charge in [0.05, 0.1) is 10.1 Å². The molecule has 0 aromatic heterocycles. The summed E-state index contributed by atoms with van der Waals surface area (Å²) in [4.78, 5) is 0.500. The molecule has 2 saturated carbocycles. The van der Waals surface area contributed by atoms with E-state index in [1.807, 2.05) is 18.2 Å². The van der Waals surface area contributed by atoms with Gasteiger partial charge in [0.15, 0.2) is 9.84 Å². The smallest absolute Gasteiger partial charge is 0.181 e. The Bertz CT molecular complexity index is 573. The molecule has 2 fully saturated rings. The van der Waals surface area contributed by atoms with Gasteiger partial charge >= 0.3 is 0 Å². The van der Waals surface area contributed by atoms with Gasteiger partial charge in [-0.1, -0.05) is 32.0 Å². The van der Waals surface area contributed by atoms with Crippen LogP contribution in [0.15, 0.2) is 35.2 Å². The maximum Gasteiger partial charge on any atom is 0.181 e. The first-order valence-corrected chi connectivity index (χ1v) is 9.77. The number of rotatable bonds is 3. The molecule has 0 atom stereocenters. The lowest BCUT2D eigenvalue weighted by atomic mass is 9.53. The average molecular weight is 306 g/mol. The number of sulfone groups is 1. The SMILES string of the molecule is CC(C)C1CC2(CCC(S(=O)(=O)c3ccccc3)CC2)C1. The molecule has 1 aromatic carbocycles. The van der Waals surface area contributed by atoms with Crippen molar-refractivity contribution in [1.29, 1.82) is 0 Å². The van der Waals surface area contributed by atoms with Crippen LogP contribution in [-0.4, -0.2) is 13.7 Å². The van der Waals surface area contributed by atoms with Crippen LogP contribution >= 0.6 is 0 Å². The molecule has 21 heavy (non-hydrogen) atoms. The third-order valence-electron chi connectivity index (χ3n) is 5.84. The van der Waals surface area contributed by atoms with Gasteiger partial charge < -0.3 is 0 Å². The summed E-state index contributed by atoms with van der Waals surface area (Å²) in [5.74, 6) is 1.65. The molecule has 0 unspecified atom stereocenters. The highest BCUT2D eigenvalue weighted by Crippen LogP contribution is 2.57. The predicted octanol–water partition coefficient (Wildman–Crippen LogP) is 4.46. The third kappa shape index (κ3) is 2.77. The second kappa shape index (κ2) is 5.42. The first-order chi connectivity index (χ1) is 9.93. The van der Waals surface area contributed by atoms with Crippen molar-refractivity contribution in [2.45, 2.75) is 62.5 Å². The van der Waals surface area contributed by atoms with E-state index in [0.29, 0.717) is 10.3 Å². The van der Waals surface area contributed by atoms with Crippen molar-refractivity contribution in [3.05, 3.63) is 30.3 Å². The minimum Gasteiger partial charge on any atom is -0.223 e. The molecule has 3 heteroatoms. The van der Waals surface area contributed by atoms with E-state index in [1.165, 1.54) is 12.8 Å². The van der Waals surface area contributed by atoms with E-state index in [0.717, 1.165) is 37.5 Å². The zero-order chi connectivity index (χ0) is 15.1. The largest absolute Gasteiger partial charge is 0.223 e. The second-order valence-electron chi connectivity index (χ2n) is 7.47. The Morgan fingerprint density at radius 2 is 1.62 bits per heavy atom. The van der Waals surface area contributed by atoms with Gasteiger partial charge in [-0.15, -0.1) is 0 Å². The lowest BCUT2D eigenvalue weighted by Gasteiger charge is -2.53. The van der Waals surface area contributed by atoms with Crippen molar-refractivity contribution >= 4 is 9.84 Å². The summed E-state index contributed by atoms with van der Waals surface area (Å²) < 4.78 is 25.4. The van der Waals surface area contributed by atoms with Crippen LogP contribution in [0, 0.1) is 17.3 Å². The maximum atomic E-state index is 12.7. The summed E-state index contributed by atoms with van der Waals surface area (Å²) in [6.07, 6.45) is 6.55. The van der Waals surface area contributed by atoms with Gasteiger partial charge in [0, 0.05) is 0 Å². The van der Waals surface area contributed by atoms with Crippen LogP contribution < -0.4 is 0 Å². The lowest BCUT2D eigenvalue weighted by Crippen LogP contribution is -2.44. The molecule has 0 heterocycles. The number of benzene rings is 1. The third-order valence-corrected chi connectivity index (χ3v) is 8.12. The Morgan fingerprint density at radius 3 is 2.14 bits per heavy atom. The quantitative estimate of drug-likeness (QED) is 0.826. The molecular weight excluding hydrogens is 280 g/mol. The molecular formula is C18H26O2S. The second-order valence-corrected chi connectivity index (χ2v) is 9.70. The van der Waals surface area contributed by atoms with Crippen LogP contribution in [0.5, 0.6) is 0 Å². The summed E-state index contributed by atoms with van der Waals surface area (Å²) in [5, 5.41) is -0.163. The fourth-order valence-corrected chi connectivity index (χ4v) is 6.03. The van der Waals surface area contributed by atoms with Crippen molar-refractivity contribution in [2.75, 3.05) is 0 Å². The van der Waals surface area contributed by atoms with Crippen molar-refractivity contribution < 1.29 is 8.42 Å². The average Bonchev–Trinajstić information content (AvgIpc) is 2.45. The minimum absolute atomic E-state index is 0.163. The van der Waals surface area contributed by atoms with E-state index in [9.17, 15) is 8.42 Å². The molecule has 0 saturated heterocycles. The van der Waals surface area contributed by atoms with E-state index in [-0.39, 0.29) is 5.25 Å². The van der Waals surface area contributed by atoms with E-state index in [4.69, 9.17) is 0 Å². The Balaban J connectivity index is 1.64. The van der Waals surface area contributed by atoms with Gasteiger partial charge in [-0.3, -0.25) is 0 Å². The molecule has 0 bridgehead atoms. The van der Waals surface area contributed by atoms with Gasteiger partial charge in [-0.25, -0.2) is 8.42 Å². The van der Waals surface area contributed by atoms with Crippen LogP contribution in [-0.2, 0) is 9.84 Å². The normalized spacial score (nSPS) is 33.1. The molecule has 0 N–H and O–H groups in total. The van der Waals surface area contributed by atoms with Gasteiger partial charge in [-0.05, 0) is 67.9 Å². The molecule has 1 aromatic rings. The van der Waals surface area contributed by atoms with Crippen LogP contribution in [0.4, 0.5) is 0 Å². The summed E-state index contributed by atoms with van der Waals surface area (Å²) in [7, 11) is -3.13. The van der Waals surface area contributed by atoms with Crippen LogP contribution in [0.3, 0.4) is 0 Å². The highest BCUT2D eigenvalue weighted by Gasteiger charge is 2.48. The van der Waals surface area contributed by atoms with E-state index >= 15 is 0 Å². The molecule has 2 aliphatic rings. The van der Waals surface area contributed by atoms with E-state index < -0.39 is 9.84 Å². The highest BCUT2D eigenvalue weighted by molar-refractivity contribution is 7.92. The monoisotopic (exact) mass is 306 g/mol. The lowest BCUT2D eigenvalue weighted by molar-refractivity contribution is -0.00707. The van der Waals surface area contributed by atoms with Crippen molar-refractivity contribution in [3.8, 4) is 0 Å². The van der Waals surface area contributed by atoms with E-state index in [1.54, 1.807) is 12.1 Å². The van der Waals surface area contributed by atoms with Crippen LogP contribution in [0.25, 0.3) is 0 Å². The van der Waals surface area contributed by atoms with Crippen LogP contribution in [0.2, 0.25) is 0 Å².